The van der Waals surface area contributed by atoms with Gasteiger partial charge in [0.25, 0.3) is 0 Å². The highest BCUT2D eigenvalue weighted by atomic mass is 32.2. The van der Waals surface area contributed by atoms with E-state index in [1.165, 1.54) is 0 Å². The quantitative estimate of drug-likeness (QED) is 0.732. The fourth-order valence-electron chi connectivity index (χ4n) is 2.24. The Morgan fingerprint density at radius 3 is 2.77 bits per heavy atom. The average Bonchev–Trinajstić information content (AvgIpc) is 2.50. The highest BCUT2D eigenvalue weighted by Gasteiger charge is 2.17. The van der Waals surface area contributed by atoms with Crippen LogP contribution in [0.3, 0.4) is 0 Å². The van der Waals surface area contributed by atoms with Gasteiger partial charge in [-0.15, -0.1) is 0 Å². The Morgan fingerprint density at radius 1 is 1.18 bits per heavy atom. The van der Waals surface area contributed by atoms with Crippen LogP contribution in [-0.2, 0) is 10.0 Å². The third kappa shape index (κ3) is 4.50. The molecule has 0 saturated carbocycles. The number of benzene rings is 1. The molecule has 1 atom stereocenters. The van der Waals surface area contributed by atoms with Crippen LogP contribution in [0.1, 0.15) is 26.7 Å². The first kappa shape index (κ1) is 16.9. The van der Waals surface area contributed by atoms with Crippen LogP contribution in [0, 0.1) is 0 Å². The lowest BCUT2D eigenvalue weighted by Gasteiger charge is -2.15. The van der Waals surface area contributed by atoms with Crippen LogP contribution in [0.25, 0.3) is 10.8 Å². The van der Waals surface area contributed by atoms with Crippen molar-refractivity contribution >= 4 is 20.8 Å². The zero-order valence-electron chi connectivity index (χ0n) is 13.0. The number of hydrogen-bond donors (Lipinski definition) is 2. The van der Waals surface area contributed by atoms with Crippen molar-refractivity contribution in [1.29, 1.82) is 0 Å². The first-order valence-corrected chi connectivity index (χ1v) is 9.08. The minimum atomic E-state index is -3.49. The second-order valence-electron chi connectivity index (χ2n) is 5.45. The van der Waals surface area contributed by atoms with Crippen molar-refractivity contribution in [3.8, 4) is 0 Å². The summed E-state index contributed by atoms with van der Waals surface area (Å²) in [5.41, 5.74) is 0. The van der Waals surface area contributed by atoms with Gasteiger partial charge in [-0.3, -0.25) is 4.98 Å². The summed E-state index contributed by atoms with van der Waals surface area (Å²) in [7, 11) is -3.49. The summed E-state index contributed by atoms with van der Waals surface area (Å²) in [6.07, 6.45) is 5.22. The second kappa shape index (κ2) is 7.67. The van der Waals surface area contributed by atoms with E-state index in [9.17, 15) is 8.42 Å². The zero-order valence-corrected chi connectivity index (χ0v) is 13.9. The standard InChI is InChI=1S/C16H23N3O2S/c1-3-8-17-9-6-13(2)19-22(20,21)16-5-4-15-12-18-10-7-14(15)11-16/h4-5,7,10-13,17,19H,3,6,8-9H2,1-2H3. The summed E-state index contributed by atoms with van der Waals surface area (Å²) in [6.45, 7) is 5.75. The molecule has 0 bridgehead atoms. The molecule has 0 fully saturated rings. The number of fused-ring (bicyclic) bond motifs is 1. The molecule has 2 N–H and O–H groups in total. The third-order valence-corrected chi connectivity index (χ3v) is 5.05. The monoisotopic (exact) mass is 321 g/mol. The van der Waals surface area contributed by atoms with Gasteiger partial charge in [0.15, 0.2) is 0 Å². The number of sulfonamides is 1. The van der Waals surface area contributed by atoms with Crippen molar-refractivity contribution in [1.82, 2.24) is 15.0 Å². The summed E-state index contributed by atoms with van der Waals surface area (Å²) >= 11 is 0. The predicted molar refractivity (Wildman–Crippen MR) is 89.3 cm³/mol. The average molecular weight is 321 g/mol. The largest absolute Gasteiger partial charge is 0.317 e. The minimum Gasteiger partial charge on any atom is -0.317 e. The molecule has 120 valence electrons. The predicted octanol–water partition coefficient (Wildman–Crippen LogP) is 2.29. The lowest BCUT2D eigenvalue weighted by Crippen LogP contribution is -2.35. The van der Waals surface area contributed by atoms with Crippen LogP contribution in [0.2, 0.25) is 0 Å². The molecule has 0 spiro atoms. The van der Waals surface area contributed by atoms with Gasteiger partial charge in [0, 0.05) is 23.8 Å². The fraction of sp³-hybridized carbons (Fsp3) is 0.438. The van der Waals surface area contributed by atoms with Gasteiger partial charge in [0.2, 0.25) is 10.0 Å². The SMILES string of the molecule is CCCNCCC(C)NS(=O)(=O)c1ccc2cnccc2c1. The molecular formula is C16H23N3O2S. The zero-order chi connectivity index (χ0) is 16.0. The number of hydrogen-bond acceptors (Lipinski definition) is 4. The Kier molecular flexibility index (Phi) is 5.88. The summed E-state index contributed by atoms with van der Waals surface area (Å²) in [5, 5.41) is 5.07. The molecule has 2 rings (SSSR count). The molecule has 0 aliphatic rings. The van der Waals surface area contributed by atoms with Crippen molar-refractivity contribution in [3.05, 3.63) is 36.7 Å². The summed E-state index contributed by atoms with van der Waals surface area (Å²) < 4.78 is 27.6. The highest BCUT2D eigenvalue weighted by molar-refractivity contribution is 7.89. The molecule has 0 radical (unpaired) electrons. The first-order valence-electron chi connectivity index (χ1n) is 7.60. The van der Waals surface area contributed by atoms with Crippen LogP contribution in [0.15, 0.2) is 41.6 Å². The Morgan fingerprint density at radius 2 is 2.00 bits per heavy atom. The molecule has 1 aromatic heterocycles. The van der Waals surface area contributed by atoms with Crippen molar-refractivity contribution in [2.24, 2.45) is 0 Å². The second-order valence-corrected chi connectivity index (χ2v) is 7.16. The van der Waals surface area contributed by atoms with Crippen LogP contribution < -0.4 is 10.0 Å². The number of nitrogens with zero attached hydrogens (tertiary/aromatic N) is 1. The Bertz CT molecular complexity index is 716. The van der Waals surface area contributed by atoms with Crippen LogP contribution in [0.4, 0.5) is 0 Å². The molecule has 0 amide bonds. The molecule has 0 aliphatic heterocycles. The molecule has 1 unspecified atom stereocenters. The van der Waals surface area contributed by atoms with E-state index in [2.05, 4.69) is 21.9 Å². The third-order valence-electron chi connectivity index (χ3n) is 3.46. The molecule has 0 saturated heterocycles. The topological polar surface area (TPSA) is 71.1 Å². The Hall–Kier alpha value is -1.50. The number of pyridine rings is 1. The Labute approximate surface area is 132 Å². The van der Waals surface area contributed by atoms with Crippen molar-refractivity contribution in [2.75, 3.05) is 13.1 Å². The lowest BCUT2D eigenvalue weighted by molar-refractivity contribution is 0.529. The van der Waals surface area contributed by atoms with Crippen molar-refractivity contribution in [2.45, 2.75) is 37.6 Å². The molecule has 1 aromatic carbocycles. The molecule has 6 heteroatoms. The lowest BCUT2D eigenvalue weighted by atomic mass is 10.2. The number of aromatic nitrogens is 1. The van der Waals surface area contributed by atoms with E-state index in [0.717, 1.165) is 36.7 Å². The van der Waals surface area contributed by atoms with Gasteiger partial charge in [-0.2, -0.15) is 0 Å². The van der Waals surface area contributed by atoms with E-state index in [1.54, 1.807) is 30.6 Å². The van der Waals surface area contributed by atoms with Crippen LogP contribution in [-0.4, -0.2) is 32.5 Å². The molecule has 1 heterocycles. The van der Waals surface area contributed by atoms with E-state index >= 15 is 0 Å². The van der Waals surface area contributed by atoms with Gasteiger partial charge in [0.05, 0.1) is 4.90 Å². The van der Waals surface area contributed by atoms with Gasteiger partial charge < -0.3 is 5.32 Å². The smallest absolute Gasteiger partial charge is 0.240 e. The molecule has 22 heavy (non-hydrogen) atoms. The maximum Gasteiger partial charge on any atom is 0.240 e. The normalized spacial score (nSPS) is 13.4. The summed E-state index contributed by atoms with van der Waals surface area (Å²) in [5.74, 6) is 0. The number of nitrogens with one attached hydrogen (secondary N) is 2. The maximum absolute atomic E-state index is 12.4. The van der Waals surface area contributed by atoms with Crippen LogP contribution >= 0.6 is 0 Å². The van der Waals surface area contributed by atoms with E-state index < -0.39 is 10.0 Å². The summed E-state index contributed by atoms with van der Waals surface area (Å²) in [6, 6.07) is 6.79. The van der Waals surface area contributed by atoms with E-state index in [0.29, 0.717) is 4.90 Å². The first-order chi connectivity index (χ1) is 10.5. The molecule has 5 nitrogen and oxygen atoms in total. The molecular weight excluding hydrogens is 298 g/mol. The Balaban J connectivity index is 2.05. The highest BCUT2D eigenvalue weighted by Crippen LogP contribution is 2.18. The molecule has 0 aliphatic carbocycles. The van der Waals surface area contributed by atoms with Gasteiger partial charge >= 0.3 is 0 Å². The number of rotatable bonds is 8. The van der Waals surface area contributed by atoms with Crippen molar-refractivity contribution < 1.29 is 8.42 Å². The molecule has 2 aromatic rings. The van der Waals surface area contributed by atoms with E-state index in [4.69, 9.17) is 0 Å². The minimum absolute atomic E-state index is 0.109. The van der Waals surface area contributed by atoms with Crippen molar-refractivity contribution in [3.63, 3.8) is 0 Å². The van der Waals surface area contributed by atoms with Gasteiger partial charge in [0.1, 0.15) is 0 Å². The van der Waals surface area contributed by atoms with Crippen LogP contribution in [0.5, 0.6) is 0 Å². The maximum atomic E-state index is 12.4. The van der Waals surface area contributed by atoms with E-state index in [1.807, 2.05) is 13.0 Å². The van der Waals surface area contributed by atoms with Gasteiger partial charge in [-0.05, 0) is 56.4 Å². The van der Waals surface area contributed by atoms with Gasteiger partial charge in [-0.25, -0.2) is 13.1 Å². The summed E-state index contributed by atoms with van der Waals surface area (Å²) in [4.78, 5) is 4.32. The van der Waals surface area contributed by atoms with E-state index in [-0.39, 0.29) is 6.04 Å². The fourth-order valence-corrected chi connectivity index (χ4v) is 3.55. The van der Waals surface area contributed by atoms with Gasteiger partial charge in [-0.1, -0.05) is 13.0 Å².